The van der Waals surface area contributed by atoms with Crippen molar-refractivity contribution in [3.8, 4) is 5.75 Å². The van der Waals surface area contributed by atoms with Crippen LogP contribution < -0.4 is 4.74 Å². The van der Waals surface area contributed by atoms with Crippen LogP contribution in [0.15, 0.2) is 29.2 Å². The van der Waals surface area contributed by atoms with Gasteiger partial charge in [-0.3, -0.25) is 9.69 Å². The largest absolute Gasteiger partial charge is 0.573 e. The lowest BCUT2D eigenvalue weighted by molar-refractivity contribution is -0.274. The van der Waals surface area contributed by atoms with Gasteiger partial charge >= 0.3 is 6.36 Å². The molecule has 0 saturated carbocycles. The molecule has 2 unspecified atom stereocenters. The van der Waals surface area contributed by atoms with Crippen molar-refractivity contribution in [2.45, 2.75) is 31.5 Å². The summed E-state index contributed by atoms with van der Waals surface area (Å²) in [7, 11) is -3.83. The van der Waals surface area contributed by atoms with E-state index in [0.29, 0.717) is 24.9 Å². The van der Waals surface area contributed by atoms with Crippen LogP contribution in [0.1, 0.15) is 20.3 Å². The van der Waals surface area contributed by atoms with Gasteiger partial charge in [-0.2, -0.15) is 4.31 Å². The predicted octanol–water partition coefficient (Wildman–Crippen LogP) is 2.40. The van der Waals surface area contributed by atoms with Crippen LogP contribution in [-0.2, 0) is 14.8 Å². The summed E-state index contributed by atoms with van der Waals surface area (Å²) in [6.45, 7) is 7.31. The number of piperidine rings is 1. The Morgan fingerprint density at radius 3 is 2.10 bits per heavy atom. The zero-order valence-corrected chi connectivity index (χ0v) is 18.5. The summed E-state index contributed by atoms with van der Waals surface area (Å²) < 4.78 is 67.5. The molecule has 174 valence electrons. The fraction of sp³-hybridized carbons (Fsp3) is 0.650. The second kappa shape index (κ2) is 9.33. The molecule has 3 rings (SSSR count). The minimum atomic E-state index is -4.83. The number of rotatable bonds is 5. The van der Waals surface area contributed by atoms with Crippen LogP contribution in [0.5, 0.6) is 5.75 Å². The average Bonchev–Trinajstić information content (AvgIpc) is 2.67. The number of sulfonamides is 1. The van der Waals surface area contributed by atoms with Gasteiger partial charge in [-0.05, 0) is 42.5 Å². The summed E-state index contributed by atoms with van der Waals surface area (Å²) in [6.07, 6.45) is -3.72. The molecule has 0 spiro atoms. The third-order valence-electron chi connectivity index (χ3n) is 5.61. The number of hydrogen-bond donors (Lipinski definition) is 0. The van der Waals surface area contributed by atoms with Crippen LogP contribution in [0.4, 0.5) is 13.2 Å². The first kappa shape index (κ1) is 23.8. The summed E-state index contributed by atoms with van der Waals surface area (Å²) in [6, 6.07) is 4.17. The minimum Gasteiger partial charge on any atom is -0.406 e. The molecular formula is C20H28F3N3O4S. The van der Waals surface area contributed by atoms with Crippen molar-refractivity contribution >= 4 is 15.9 Å². The van der Waals surface area contributed by atoms with Crippen molar-refractivity contribution in [1.29, 1.82) is 0 Å². The molecule has 2 heterocycles. The van der Waals surface area contributed by atoms with E-state index in [4.69, 9.17) is 0 Å². The fourth-order valence-corrected chi connectivity index (χ4v) is 5.67. The molecule has 1 aromatic carbocycles. The molecule has 2 saturated heterocycles. The molecule has 31 heavy (non-hydrogen) atoms. The minimum absolute atomic E-state index is 0.0648. The van der Waals surface area contributed by atoms with Crippen LogP contribution in [0.2, 0.25) is 0 Å². The van der Waals surface area contributed by atoms with Crippen molar-refractivity contribution in [1.82, 2.24) is 14.1 Å². The number of likely N-dealkylation sites (tertiary alicyclic amines) is 1. The van der Waals surface area contributed by atoms with Gasteiger partial charge in [0.1, 0.15) is 5.75 Å². The highest BCUT2D eigenvalue weighted by atomic mass is 32.2. The lowest BCUT2D eigenvalue weighted by Gasteiger charge is -2.38. The van der Waals surface area contributed by atoms with E-state index in [1.165, 1.54) is 4.31 Å². The maximum atomic E-state index is 12.8. The first-order valence-corrected chi connectivity index (χ1v) is 11.7. The Morgan fingerprint density at radius 1 is 1.03 bits per heavy atom. The number of nitrogens with zero attached hydrogens (tertiary/aromatic N) is 3. The molecule has 1 aromatic rings. The van der Waals surface area contributed by atoms with E-state index >= 15 is 0 Å². The normalized spacial score (nSPS) is 24.2. The van der Waals surface area contributed by atoms with Gasteiger partial charge in [0.2, 0.25) is 15.9 Å². The molecule has 0 N–H and O–H groups in total. The highest BCUT2D eigenvalue weighted by Gasteiger charge is 2.33. The van der Waals surface area contributed by atoms with Crippen LogP contribution in [-0.4, -0.2) is 80.6 Å². The van der Waals surface area contributed by atoms with Crippen LogP contribution in [0, 0.1) is 11.8 Å². The Kier molecular flexibility index (Phi) is 7.17. The molecule has 2 fully saturated rings. The van der Waals surface area contributed by atoms with Crippen molar-refractivity contribution in [3.05, 3.63) is 24.3 Å². The van der Waals surface area contributed by atoms with Gasteiger partial charge in [-0.1, -0.05) is 13.8 Å². The van der Waals surface area contributed by atoms with E-state index in [0.717, 1.165) is 43.8 Å². The first-order valence-electron chi connectivity index (χ1n) is 10.3. The molecule has 0 aliphatic carbocycles. The Balaban J connectivity index is 1.54. The Bertz CT molecular complexity index is 859. The van der Waals surface area contributed by atoms with Crippen LogP contribution in [0.3, 0.4) is 0 Å². The average molecular weight is 464 g/mol. The smallest absolute Gasteiger partial charge is 0.406 e. The maximum absolute atomic E-state index is 12.8. The monoisotopic (exact) mass is 463 g/mol. The number of benzene rings is 1. The summed E-state index contributed by atoms with van der Waals surface area (Å²) in [4.78, 5) is 16.4. The van der Waals surface area contributed by atoms with Gasteiger partial charge in [-0.15, -0.1) is 13.2 Å². The standard InChI is InChI=1S/C20H28F3N3O4S/c1-15-11-16(2)13-25(12-15)19(27)14-24-7-9-26(10-8-24)31(28,29)18-5-3-17(4-6-18)30-20(21,22)23/h3-6,15-16H,7-14H2,1-2H3. The second-order valence-electron chi connectivity index (χ2n) is 8.44. The first-order chi connectivity index (χ1) is 14.4. The topological polar surface area (TPSA) is 70.2 Å². The van der Waals surface area contributed by atoms with E-state index in [9.17, 15) is 26.4 Å². The second-order valence-corrected chi connectivity index (χ2v) is 10.4. The maximum Gasteiger partial charge on any atom is 0.573 e. The van der Waals surface area contributed by atoms with Gasteiger partial charge in [0.05, 0.1) is 11.4 Å². The number of amides is 1. The van der Waals surface area contributed by atoms with Crippen LogP contribution in [0.25, 0.3) is 0 Å². The Morgan fingerprint density at radius 2 is 1.58 bits per heavy atom. The Hall–Kier alpha value is -1.85. The third kappa shape index (κ3) is 6.33. The van der Waals surface area contributed by atoms with Crippen molar-refractivity contribution in [3.63, 3.8) is 0 Å². The van der Waals surface area contributed by atoms with Gasteiger partial charge in [0.15, 0.2) is 0 Å². The number of alkyl halides is 3. The highest BCUT2D eigenvalue weighted by molar-refractivity contribution is 7.89. The molecule has 2 atom stereocenters. The number of halogens is 3. The van der Waals surface area contributed by atoms with E-state index in [1.54, 1.807) is 0 Å². The lowest BCUT2D eigenvalue weighted by Crippen LogP contribution is -2.52. The molecule has 11 heteroatoms. The summed E-state index contributed by atoms with van der Waals surface area (Å²) in [5.41, 5.74) is 0. The predicted molar refractivity (Wildman–Crippen MR) is 108 cm³/mol. The Labute approximate surface area is 180 Å². The number of ether oxygens (including phenoxy) is 1. The number of hydrogen-bond acceptors (Lipinski definition) is 5. The van der Waals surface area contributed by atoms with E-state index in [1.807, 2.05) is 9.80 Å². The summed E-state index contributed by atoms with van der Waals surface area (Å²) in [5, 5.41) is 0. The quantitative estimate of drug-likeness (QED) is 0.671. The molecule has 0 bridgehead atoms. The summed E-state index contributed by atoms with van der Waals surface area (Å²) in [5.74, 6) is 0.538. The highest BCUT2D eigenvalue weighted by Crippen LogP contribution is 2.26. The molecular weight excluding hydrogens is 435 g/mol. The molecule has 2 aliphatic rings. The fourth-order valence-electron chi connectivity index (χ4n) is 4.25. The van der Waals surface area contributed by atoms with E-state index < -0.39 is 22.1 Å². The van der Waals surface area contributed by atoms with Gasteiger partial charge in [-0.25, -0.2) is 8.42 Å². The van der Waals surface area contributed by atoms with E-state index in [2.05, 4.69) is 18.6 Å². The summed E-state index contributed by atoms with van der Waals surface area (Å²) >= 11 is 0. The molecule has 2 aliphatic heterocycles. The van der Waals surface area contributed by atoms with Gasteiger partial charge in [0.25, 0.3) is 0 Å². The van der Waals surface area contributed by atoms with Crippen molar-refractivity contribution in [2.24, 2.45) is 11.8 Å². The number of carbonyl (C=O) groups excluding carboxylic acids is 1. The number of carbonyl (C=O) groups is 1. The van der Waals surface area contributed by atoms with E-state index in [-0.39, 0.29) is 30.4 Å². The molecule has 1 amide bonds. The van der Waals surface area contributed by atoms with Gasteiger partial charge < -0.3 is 9.64 Å². The van der Waals surface area contributed by atoms with Crippen molar-refractivity contribution in [2.75, 3.05) is 45.8 Å². The van der Waals surface area contributed by atoms with Gasteiger partial charge in [0, 0.05) is 39.3 Å². The molecule has 0 aromatic heterocycles. The van der Waals surface area contributed by atoms with Crippen LogP contribution >= 0.6 is 0 Å². The SMILES string of the molecule is CC1CC(C)CN(C(=O)CN2CCN(S(=O)(=O)c3ccc(OC(F)(F)F)cc3)CC2)C1. The molecule has 0 radical (unpaired) electrons. The molecule has 7 nitrogen and oxygen atoms in total. The number of piperazine rings is 1. The zero-order chi connectivity index (χ0) is 22.8. The van der Waals surface area contributed by atoms with Crippen molar-refractivity contribution < 1.29 is 31.1 Å². The lowest BCUT2D eigenvalue weighted by atomic mass is 9.92. The zero-order valence-electron chi connectivity index (χ0n) is 17.6. The third-order valence-corrected chi connectivity index (χ3v) is 7.52.